The molecule has 0 atom stereocenters. The van der Waals surface area contributed by atoms with E-state index in [0.717, 1.165) is 26.0 Å². The zero-order valence-electron chi connectivity index (χ0n) is 12.4. The van der Waals surface area contributed by atoms with Crippen LogP contribution in [-0.2, 0) is 4.74 Å². The Labute approximate surface area is 107 Å². The van der Waals surface area contributed by atoms with Crippen molar-refractivity contribution in [3.63, 3.8) is 0 Å². The Morgan fingerprint density at radius 3 is 2.18 bits per heavy atom. The fourth-order valence-electron chi connectivity index (χ4n) is 2.92. The minimum Gasteiger partial charge on any atom is -0.377 e. The van der Waals surface area contributed by atoms with Crippen LogP contribution in [-0.4, -0.2) is 36.4 Å². The van der Waals surface area contributed by atoms with E-state index in [-0.39, 0.29) is 11.1 Å². The van der Waals surface area contributed by atoms with Crippen LogP contribution >= 0.6 is 0 Å². The molecule has 0 spiro atoms. The first-order chi connectivity index (χ1) is 7.70. The first-order valence-corrected chi connectivity index (χ1v) is 6.84. The van der Waals surface area contributed by atoms with Gasteiger partial charge in [-0.15, -0.1) is 0 Å². The van der Waals surface area contributed by atoms with E-state index in [1.807, 2.05) is 0 Å². The molecule has 1 heterocycles. The summed E-state index contributed by atoms with van der Waals surface area (Å²) in [7, 11) is 0. The Morgan fingerprint density at radius 1 is 1.18 bits per heavy atom. The Kier molecular flexibility index (Phi) is 4.99. The highest BCUT2D eigenvalue weighted by Gasteiger charge is 2.37. The topological polar surface area (TPSA) is 33.3 Å². The lowest BCUT2D eigenvalue weighted by Gasteiger charge is -2.46. The third kappa shape index (κ3) is 5.84. The van der Waals surface area contributed by atoms with Crippen LogP contribution in [0, 0.1) is 0 Å². The van der Waals surface area contributed by atoms with Crippen LogP contribution < -0.4 is 10.6 Å². The minimum absolute atomic E-state index is 0.178. The van der Waals surface area contributed by atoms with Crippen molar-refractivity contribution >= 4 is 0 Å². The summed E-state index contributed by atoms with van der Waals surface area (Å²) in [6, 6.07) is 0.541. The average molecular weight is 242 g/mol. The van der Waals surface area contributed by atoms with Crippen LogP contribution in [0.4, 0.5) is 0 Å². The average Bonchev–Trinajstić information content (AvgIpc) is 2.06. The van der Waals surface area contributed by atoms with Gasteiger partial charge in [0.25, 0.3) is 0 Å². The summed E-state index contributed by atoms with van der Waals surface area (Å²) in [5.74, 6) is 0. The van der Waals surface area contributed by atoms with Gasteiger partial charge in [-0.05, 0) is 40.5 Å². The fraction of sp³-hybridized carbons (Fsp3) is 1.00. The SMILES string of the molecule is CC(C)NCCOC1CC(C)(C)NC(C)(C)C1. The molecular weight excluding hydrogens is 212 g/mol. The summed E-state index contributed by atoms with van der Waals surface area (Å²) in [6.07, 6.45) is 2.58. The highest BCUT2D eigenvalue weighted by molar-refractivity contribution is 4.97. The van der Waals surface area contributed by atoms with Crippen molar-refractivity contribution in [1.82, 2.24) is 10.6 Å². The van der Waals surface area contributed by atoms with Gasteiger partial charge >= 0.3 is 0 Å². The second kappa shape index (κ2) is 5.68. The van der Waals surface area contributed by atoms with Crippen molar-refractivity contribution in [3.8, 4) is 0 Å². The van der Waals surface area contributed by atoms with Gasteiger partial charge in [0, 0.05) is 23.7 Å². The van der Waals surface area contributed by atoms with E-state index in [0.29, 0.717) is 12.1 Å². The molecule has 0 radical (unpaired) electrons. The molecule has 0 unspecified atom stereocenters. The minimum atomic E-state index is 0.178. The van der Waals surface area contributed by atoms with Crippen LogP contribution in [0.25, 0.3) is 0 Å². The highest BCUT2D eigenvalue weighted by atomic mass is 16.5. The third-order valence-electron chi connectivity index (χ3n) is 3.16. The molecule has 1 rings (SSSR count). The van der Waals surface area contributed by atoms with Crippen LogP contribution in [0.2, 0.25) is 0 Å². The molecule has 0 aliphatic carbocycles. The molecule has 102 valence electrons. The number of rotatable bonds is 5. The molecule has 1 saturated heterocycles. The van der Waals surface area contributed by atoms with Gasteiger partial charge in [0.2, 0.25) is 0 Å². The van der Waals surface area contributed by atoms with Gasteiger partial charge in [-0.1, -0.05) is 13.8 Å². The lowest BCUT2D eigenvalue weighted by molar-refractivity contribution is -0.0205. The lowest BCUT2D eigenvalue weighted by atomic mass is 9.81. The molecular formula is C14H30N2O. The largest absolute Gasteiger partial charge is 0.377 e. The Morgan fingerprint density at radius 2 is 1.71 bits per heavy atom. The summed E-state index contributed by atoms with van der Waals surface area (Å²) in [5, 5.41) is 7.06. The monoisotopic (exact) mass is 242 g/mol. The number of hydrogen-bond donors (Lipinski definition) is 2. The molecule has 2 N–H and O–H groups in total. The Balaban J connectivity index is 2.33. The second-order valence-corrected chi connectivity index (χ2v) is 6.90. The number of nitrogens with one attached hydrogen (secondary N) is 2. The predicted octanol–water partition coefficient (Wildman–Crippen LogP) is 2.31. The quantitative estimate of drug-likeness (QED) is 0.726. The molecule has 1 aliphatic rings. The zero-order chi connectivity index (χ0) is 13.1. The maximum absolute atomic E-state index is 6.00. The van der Waals surface area contributed by atoms with E-state index in [1.54, 1.807) is 0 Å². The molecule has 1 fully saturated rings. The number of piperidine rings is 1. The van der Waals surface area contributed by atoms with E-state index in [4.69, 9.17) is 4.74 Å². The maximum atomic E-state index is 6.00. The van der Waals surface area contributed by atoms with Crippen LogP contribution in [0.1, 0.15) is 54.4 Å². The number of ether oxygens (including phenoxy) is 1. The molecule has 0 amide bonds. The smallest absolute Gasteiger partial charge is 0.0610 e. The van der Waals surface area contributed by atoms with Gasteiger partial charge in [-0.25, -0.2) is 0 Å². The predicted molar refractivity (Wildman–Crippen MR) is 73.4 cm³/mol. The fourth-order valence-corrected chi connectivity index (χ4v) is 2.92. The van der Waals surface area contributed by atoms with E-state index in [1.165, 1.54) is 0 Å². The van der Waals surface area contributed by atoms with Crippen molar-refractivity contribution in [1.29, 1.82) is 0 Å². The van der Waals surface area contributed by atoms with Crippen molar-refractivity contribution in [2.24, 2.45) is 0 Å². The molecule has 0 aromatic heterocycles. The summed E-state index contributed by atoms with van der Waals surface area (Å²) in [6.45, 7) is 15.1. The van der Waals surface area contributed by atoms with Gasteiger partial charge in [-0.3, -0.25) is 0 Å². The molecule has 0 saturated carbocycles. The van der Waals surface area contributed by atoms with E-state index in [9.17, 15) is 0 Å². The number of hydrogen-bond acceptors (Lipinski definition) is 3. The molecule has 17 heavy (non-hydrogen) atoms. The van der Waals surface area contributed by atoms with Crippen molar-refractivity contribution in [2.75, 3.05) is 13.2 Å². The summed E-state index contributed by atoms with van der Waals surface area (Å²) in [5.41, 5.74) is 0.357. The van der Waals surface area contributed by atoms with Crippen molar-refractivity contribution < 1.29 is 4.74 Å². The van der Waals surface area contributed by atoms with Gasteiger partial charge in [0.15, 0.2) is 0 Å². The Hall–Kier alpha value is -0.120. The van der Waals surface area contributed by atoms with Crippen LogP contribution in [0.15, 0.2) is 0 Å². The van der Waals surface area contributed by atoms with Crippen molar-refractivity contribution in [3.05, 3.63) is 0 Å². The molecule has 0 aromatic carbocycles. The highest BCUT2D eigenvalue weighted by Crippen LogP contribution is 2.30. The van der Waals surface area contributed by atoms with E-state index >= 15 is 0 Å². The Bertz CT molecular complexity index is 220. The first kappa shape index (κ1) is 14.9. The molecule has 0 bridgehead atoms. The first-order valence-electron chi connectivity index (χ1n) is 6.84. The third-order valence-corrected chi connectivity index (χ3v) is 3.16. The standard InChI is InChI=1S/C14H30N2O/c1-11(2)15-7-8-17-12-9-13(3,4)16-14(5,6)10-12/h11-12,15-16H,7-10H2,1-6H3. The van der Waals surface area contributed by atoms with Crippen LogP contribution in [0.3, 0.4) is 0 Å². The zero-order valence-corrected chi connectivity index (χ0v) is 12.4. The second-order valence-electron chi connectivity index (χ2n) is 6.90. The maximum Gasteiger partial charge on any atom is 0.0610 e. The summed E-state index contributed by atoms with van der Waals surface area (Å²) >= 11 is 0. The van der Waals surface area contributed by atoms with Gasteiger partial charge in [-0.2, -0.15) is 0 Å². The van der Waals surface area contributed by atoms with E-state index in [2.05, 4.69) is 52.2 Å². The van der Waals surface area contributed by atoms with Crippen LogP contribution in [0.5, 0.6) is 0 Å². The lowest BCUT2D eigenvalue weighted by Crippen LogP contribution is -2.59. The summed E-state index contributed by atoms with van der Waals surface area (Å²) in [4.78, 5) is 0. The molecule has 3 heteroatoms. The molecule has 1 aliphatic heterocycles. The van der Waals surface area contributed by atoms with Gasteiger partial charge in [0.05, 0.1) is 12.7 Å². The molecule has 3 nitrogen and oxygen atoms in total. The van der Waals surface area contributed by atoms with E-state index < -0.39 is 0 Å². The van der Waals surface area contributed by atoms with Gasteiger partial charge in [0.1, 0.15) is 0 Å². The normalized spacial score (nSPS) is 24.2. The molecule has 0 aromatic rings. The van der Waals surface area contributed by atoms with Crippen molar-refractivity contribution in [2.45, 2.75) is 77.6 Å². The summed E-state index contributed by atoms with van der Waals surface area (Å²) < 4.78 is 6.00. The van der Waals surface area contributed by atoms with Gasteiger partial charge < -0.3 is 15.4 Å².